The van der Waals surface area contributed by atoms with Crippen LogP contribution < -0.4 is 14.8 Å². The molecule has 1 amide bonds. The molecule has 0 aliphatic carbocycles. The van der Waals surface area contributed by atoms with Gasteiger partial charge in [0.15, 0.2) is 11.5 Å². The summed E-state index contributed by atoms with van der Waals surface area (Å²) in [5.74, 6) is 1.07. The van der Waals surface area contributed by atoms with E-state index in [4.69, 9.17) is 9.47 Å². The maximum absolute atomic E-state index is 12.2. The lowest BCUT2D eigenvalue weighted by Crippen LogP contribution is -2.12. The minimum Gasteiger partial charge on any atom is -0.493 e. The van der Waals surface area contributed by atoms with Gasteiger partial charge in [-0.15, -0.1) is 11.3 Å². The van der Waals surface area contributed by atoms with Crippen LogP contribution in [0.5, 0.6) is 11.5 Å². The van der Waals surface area contributed by atoms with E-state index < -0.39 is 0 Å². The number of carbonyl (C=O) groups excluding carboxylic acids is 1. The normalized spacial score (nSPS) is 10.2. The third-order valence-corrected chi connectivity index (χ3v) is 4.06. The number of amides is 1. The summed E-state index contributed by atoms with van der Waals surface area (Å²) in [5, 5.41) is 5.25. The van der Waals surface area contributed by atoms with Crippen molar-refractivity contribution in [2.75, 3.05) is 12.4 Å². The highest BCUT2D eigenvalue weighted by Gasteiger charge is 2.12. The molecule has 122 valence electrons. The van der Waals surface area contributed by atoms with E-state index in [9.17, 15) is 4.79 Å². The molecule has 0 unspecified atom stereocenters. The first kappa shape index (κ1) is 16.0. The van der Waals surface area contributed by atoms with Crippen molar-refractivity contribution in [2.45, 2.75) is 6.61 Å². The first-order chi connectivity index (χ1) is 11.8. The molecule has 0 saturated carbocycles. The Hall–Kier alpha value is -2.86. The van der Waals surface area contributed by atoms with E-state index in [1.165, 1.54) is 11.3 Å². The zero-order valence-corrected chi connectivity index (χ0v) is 13.9. The summed E-state index contributed by atoms with van der Waals surface area (Å²) in [7, 11) is 1.59. The van der Waals surface area contributed by atoms with Crippen LogP contribution in [0.15, 0.2) is 60.0 Å². The van der Waals surface area contributed by atoms with Crippen molar-refractivity contribution in [1.82, 2.24) is 4.98 Å². The molecule has 1 aromatic heterocycles. The first-order valence-electron chi connectivity index (χ1n) is 7.33. The molecule has 0 atom stereocenters. The SMILES string of the molecule is COc1ccccc1OCc1nc(C(=O)Nc2ccccc2)cs1. The number of hydrogen-bond donors (Lipinski definition) is 1. The molecule has 0 saturated heterocycles. The Balaban J connectivity index is 1.62. The minimum atomic E-state index is -0.235. The number of nitrogens with one attached hydrogen (secondary N) is 1. The fourth-order valence-electron chi connectivity index (χ4n) is 2.08. The van der Waals surface area contributed by atoms with Gasteiger partial charge in [-0.05, 0) is 24.3 Å². The predicted molar refractivity (Wildman–Crippen MR) is 93.8 cm³/mol. The van der Waals surface area contributed by atoms with Crippen molar-refractivity contribution in [3.8, 4) is 11.5 Å². The molecular formula is C18H16N2O3S. The van der Waals surface area contributed by atoms with Crippen LogP contribution >= 0.6 is 11.3 Å². The van der Waals surface area contributed by atoms with Gasteiger partial charge in [0.25, 0.3) is 5.91 Å². The highest BCUT2D eigenvalue weighted by molar-refractivity contribution is 7.09. The van der Waals surface area contributed by atoms with Gasteiger partial charge in [-0.3, -0.25) is 4.79 Å². The highest BCUT2D eigenvalue weighted by Crippen LogP contribution is 2.27. The molecule has 3 aromatic rings. The van der Waals surface area contributed by atoms with Crippen LogP contribution in [0.2, 0.25) is 0 Å². The highest BCUT2D eigenvalue weighted by atomic mass is 32.1. The summed E-state index contributed by atoms with van der Waals surface area (Å²) in [6.45, 7) is 0.281. The molecular weight excluding hydrogens is 324 g/mol. The van der Waals surface area contributed by atoms with E-state index >= 15 is 0 Å². The summed E-state index contributed by atoms with van der Waals surface area (Å²) in [5.41, 5.74) is 1.12. The number of aromatic nitrogens is 1. The van der Waals surface area contributed by atoms with Crippen LogP contribution in [-0.2, 0) is 6.61 Å². The smallest absolute Gasteiger partial charge is 0.275 e. The average molecular weight is 340 g/mol. The van der Waals surface area contributed by atoms with E-state index in [1.54, 1.807) is 12.5 Å². The molecule has 1 heterocycles. The molecule has 3 rings (SSSR count). The quantitative estimate of drug-likeness (QED) is 0.737. The molecule has 0 aliphatic heterocycles. The summed E-state index contributed by atoms with van der Waals surface area (Å²) in [4.78, 5) is 16.5. The van der Waals surface area contributed by atoms with Gasteiger partial charge < -0.3 is 14.8 Å². The number of thiazole rings is 1. The van der Waals surface area contributed by atoms with Gasteiger partial charge >= 0.3 is 0 Å². The molecule has 2 aromatic carbocycles. The van der Waals surface area contributed by atoms with E-state index in [1.807, 2.05) is 54.6 Å². The summed E-state index contributed by atoms with van der Waals surface area (Å²) >= 11 is 1.38. The molecule has 6 heteroatoms. The summed E-state index contributed by atoms with van der Waals surface area (Å²) < 4.78 is 11.0. The second-order valence-electron chi connectivity index (χ2n) is 4.89. The van der Waals surface area contributed by atoms with Crippen molar-refractivity contribution < 1.29 is 14.3 Å². The Kier molecular flexibility index (Phi) is 5.08. The first-order valence-corrected chi connectivity index (χ1v) is 8.21. The second-order valence-corrected chi connectivity index (χ2v) is 5.83. The zero-order chi connectivity index (χ0) is 16.8. The van der Waals surface area contributed by atoms with Crippen molar-refractivity contribution >= 4 is 22.9 Å². The van der Waals surface area contributed by atoms with Crippen molar-refractivity contribution in [3.05, 3.63) is 70.7 Å². The van der Waals surface area contributed by atoms with E-state index in [2.05, 4.69) is 10.3 Å². The number of nitrogens with zero attached hydrogens (tertiary/aromatic N) is 1. The number of para-hydroxylation sites is 3. The van der Waals surface area contributed by atoms with E-state index in [0.717, 1.165) is 10.7 Å². The Morgan fingerprint density at radius 3 is 2.54 bits per heavy atom. The molecule has 24 heavy (non-hydrogen) atoms. The van der Waals surface area contributed by atoms with Gasteiger partial charge in [0.1, 0.15) is 17.3 Å². The third-order valence-electron chi connectivity index (χ3n) is 3.24. The molecule has 0 fully saturated rings. The number of ether oxygens (including phenoxy) is 2. The number of anilines is 1. The average Bonchev–Trinajstić information content (AvgIpc) is 3.10. The molecule has 0 aliphatic rings. The largest absolute Gasteiger partial charge is 0.493 e. The molecule has 0 radical (unpaired) electrons. The number of carbonyl (C=O) groups is 1. The van der Waals surface area contributed by atoms with Crippen LogP contribution in [0.25, 0.3) is 0 Å². The third kappa shape index (κ3) is 3.91. The topological polar surface area (TPSA) is 60.5 Å². The number of methoxy groups -OCH3 is 1. The number of benzene rings is 2. The lowest BCUT2D eigenvalue weighted by molar-refractivity contribution is 0.102. The molecule has 0 spiro atoms. The lowest BCUT2D eigenvalue weighted by atomic mass is 10.3. The Morgan fingerprint density at radius 1 is 1.08 bits per heavy atom. The monoisotopic (exact) mass is 340 g/mol. The maximum atomic E-state index is 12.2. The van der Waals surface area contributed by atoms with Gasteiger partial charge in [0.2, 0.25) is 0 Å². The fourth-order valence-corrected chi connectivity index (χ4v) is 2.76. The summed E-state index contributed by atoms with van der Waals surface area (Å²) in [6.07, 6.45) is 0. The second kappa shape index (κ2) is 7.61. The Morgan fingerprint density at radius 2 is 1.79 bits per heavy atom. The van der Waals surface area contributed by atoms with Crippen LogP contribution in [0.1, 0.15) is 15.5 Å². The number of hydrogen-bond acceptors (Lipinski definition) is 5. The van der Waals surface area contributed by atoms with Crippen molar-refractivity contribution in [1.29, 1.82) is 0 Å². The predicted octanol–water partition coefficient (Wildman–Crippen LogP) is 3.98. The molecule has 0 bridgehead atoms. The van der Waals surface area contributed by atoms with E-state index in [0.29, 0.717) is 17.2 Å². The molecule has 5 nitrogen and oxygen atoms in total. The van der Waals surface area contributed by atoms with Gasteiger partial charge in [0, 0.05) is 11.1 Å². The van der Waals surface area contributed by atoms with Crippen LogP contribution in [0.4, 0.5) is 5.69 Å². The van der Waals surface area contributed by atoms with Crippen molar-refractivity contribution in [2.24, 2.45) is 0 Å². The minimum absolute atomic E-state index is 0.235. The standard InChI is InChI=1S/C18H16N2O3S/c1-22-15-9-5-6-10-16(15)23-11-17-20-14(12-24-17)18(21)19-13-7-3-2-4-8-13/h2-10,12H,11H2,1H3,(H,19,21). The van der Waals surface area contributed by atoms with Crippen LogP contribution in [-0.4, -0.2) is 18.0 Å². The molecule has 1 N–H and O–H groups in total. The lowest BCUT2D eigenvalue weighted by Gasteiger charge is -2.08. The zero-order valence-electron chi connectivity index (χ0n) is 13.1. The fraction of sp³-hybridized carbons (Fsp3) is 0.111. The van der Waals surface area contributed by atoms with Crippen LogP contribution in [0.3, 0.4) is 0 Å². The van der Waals surface area contributed by atoms with Gasteiger partial charge in [0.05, 0.1) is 7.11 Å². The Bertz CT molecular complexity index is 818. The maximum Gasteiger partial charge on any atom is 0.275 e. The van der Waals surface area contributed by atoms with Gasteiger partial charge in [-0.1, -0.05) is 30.3 Å². The summed E-state index contributed by atoms with van der Waals surface area (Å²) in [6, 6.07) is 16.7. The van der Waals surface area contributed by atoms with Gasteiger partial charge in [-0.2, -0.15) is 0 Å². The Labute approximate surface area is 143 Å². The van der Waals surface area contributed by atoms with Gasteiger partial charge in [-0.25, -0.2) is 4.98 Å². The van der Waals surface area contributed by atoms with E-state index in [-0.39, 0.29) is 12.5 Å². The van der Waals surface area contributed by atoms with Crippen molar-refractivity contribution in [3.63, 3.8) is 0 Å². The number of rotatable bonds is 6. The van der Waals surface area contributed by atoms with Crippen LogP contribution in [0, 0.1) is 0 Å².